The van der Waals surface area contributed by atoms with Crippen LogP contribution in [0.15, 0.2) is 33.4 Å². The Kier molecular flexibility index (Phi) is 4.43. The summed E-state index contributed by atoms with van der Waals surface area (Å²) in [6.45, 7) is 2.70. The minimum atomic E-state index is -0.770. The minimum absolute atomic E-state index is 0.0131. The summed E-state index contributed by atoms with van der Waals surface area (Å²) in [5.41, 5.74) is 0.469. The summed E-state index contributed by atoms with van der Waals surface area (Å²) in [5.74, 6) is -0.893. The number of piperidine rings is 1. The molecule has 1 aromatic carbocycles. The molecule has 27 heavy (non-hydrogen) atoms. The van der Waals surface area contributed by atoms with E-state index in [0.717, 1.165) is 25.0 Å². The average Bonchev–Trinajstić information content (AvgIpc) is 3.30. The smallest absolute Gasteiger partial charge is 0.260 e. The highest BCUT2D eigenvalue weighted by molar-refractivity contribution is 5.94. The molecule has 1 fully saturated rings. The Labute approximate surface area is 152 Å². The number of likely N-dealkylation sites (tertiary alicyclic amines) is 1. The first-order chi connectivity index (χ1) is 13.0. The third kappa shape index (κ3) is 3.32. The van der Waals surface area contributed by atoms with Gasteiger partial charge in [-0.05, 0) is 31.9 Å². The summed E-state index contributed by atoms with van der Waals surface area (Å²) in [6.07, 6.45) is 2.96. The number of benzene rings is 1. The lowest BCUT2D eigenvalue weighted by molar-refractivity contribution is 0.0702. The van der Waals surface area contributed by atoms with Crippen LogP contribution in [0.5, 0.6) is 0 Å². The highest BCUT2D eigenvalue weighted by Gasteiger charge is 2.30. The largest absolute Gasteiger partial charge is 0.361 e. The third-order valence-corrected chi connectivity index (χ3v) is 4.66. The van der Waals surface area contributed by atoms with Crippen molar-refractivity contribution in [2.24, 2.45) is 0 Å². The van der Waals surface area contributed by atoms with E-state index in [1.807, 2.05) is 0 Å². The first kappa shape index (κ1) is 17.3. The Morgan fingerprint density at radius 2 is 2.15 bits per heavy atom. The fourth-order valence-electron chi connectivity index (χ4n) is 3.22. The molecule has 0 bridgehead atoms. The van der Waals surface area contributed by atoms with Crippen molar-refractivity contribution in [3.63, 3.8) is 0 Å². The quantitative estimate of drug-likeness (QED) is 0.699. The van der Waals surface area contributed by atoms with Gasteiger partial charge in [-0.2, -0.15) is 4.98 Å². The molecule has 7 nitrogen and oxygen atoms in total. The summed E-state index contributed by atoms with van der Waals surface area (Å²) in [5, 5.41) is 7.58. The molecule has 1 amide bonds. The summed E-state index contributed by atoms with van der Waals surface area (Å²) in [7, 11) is 0. The molecule has 1 saturated heterocycles. The fourth-order valence-corrected chi connectivity index (χ4v) is 3.22. The number of carbonyl (C=O) groups excluding carboxylic acids is 1. The van der Waals surface area contributed by atoms with E-state index >= 15 is 0 Å². The van der Waals surface area contributed by atoms with Crippen LogP contribution < -0.4 is 0 Å². The van der Waals surface area contributed by atoms with Crippen LogP contribution in [0.1, 0.15) is 40.7 Å². The van der Waals surface area contributed by atoms with Gasteiger partial charge >= 0.3 is 0 Å². The lowest BCUT2D eigenvalue weighted by Gasteiger charge is -2.31. The molecule has 0 N–H and O–H groups in total. The molecule has 0 radical (unpaired) electrons. The maximum atomic E-state index is 13.9. The van der Waals surface area contributed by atoms with Gasteiger partial charge in [-0.3, -0.25) is 4.79 Å². The Balaban J connectivity index is 1.53. The molecule has 4 rings (SSSR count). The van der Waals surface area contributed by atoms with E-state index in [-0.39, 0.29) is 23.3 Å². The second-order valence-corrected chi connectivity index (χ2v) is 6.47. The Morgan fingerprint density at radius 1 is 1.30 bits per heavy atom. The topological polar surface area (TPSA) is 85.3 Å². The van der Waals surface area contributed by atoms with Crippen LogP contribution in [0.4, 0.5) is 8.78 Å². The van der Waals surface area contributed by atoms with Gasteiger partial charge in [-0.15, -0.1) is 0 Å². The van der Waals surface area contributed by atoms with E-state index in [0.29, 0.717) is 30.2 Å². The number of carbonyl (C=O) groups is 1. The predicted molar refractivity (Wildman–Crippen MR) is 88.8 cm³/mol. The second kappa shape index (κ2) is 6.90. The number of hydrogen-bond donors (Lipinski definition) is 0. The molecule has 0 spiro atoms. The van der Waals surface area contributed by atoms with E-state index in [1.54, 1.807) is 11.8 Å². The molecular weight excluding hydrogens is 358 g/mol. The molecule has 3 heterocycles. The molecule has 140 valence electrons. The molecule has 1 aliphatic rings. The van der Waals surface area contributed by atoms with Crippen LogP contribution >= 0.6 is 0 Å². The van der Waals surface area contributed by atoms with Gasteiger partial charge < -0.3 is 13.9 Å². The third-order valence-electron chi connectivity index (χ3n) is 4.66. The first-order valence-corrected chi connectivity index (χ1v) is 8.52. The maximum Gasteiger partial charge on any atom is 0.260 e. The van der Waals surface area contributed by atoms with Gasteiger partial charge in [0.05, 0.1) is 11.8 Å². The van der Waals surface area contributed by atoms with E-state index in [2.05, 4.69) is 15.3 Å². The lowest BCUT2D eigenvalue weighted by atomic mass is 9.97. The molecule has 0 saturated carbocycles. The number of aryl methyl sites for hydroxylation is 1. The summed E-state index contributed by atoms with van der Waals surface area (Å²) in [4.78, 5) is 18.6. The van der Waals surface area contributed by atoms with Gasteiger partial charge in [0.2, 0.25) is 0 Å². The van der Waals surface area contributed by atoms with Crippen LogP contribution in [-0.4, -0.2) is 39.2 Å². The Morgan fingerprint density at radius 3 is 2.89 bits per heavy atom. The van der Waals surface area contributed by atoms with Crippen LogP contribution in [0.2, 0.25) is 0 Å². The van der Waals surface area contributed by atoms with E-state index in [4.69, 9.17) is 9.05 Å². The SMILES string of the molecule is Cc1oncc1C(=O)N1CCCC(c2noc(-c3ccc(F)cc3F)n2)C1. The minimum Gasteiger partial charge on any atom is -0.361 e. The second-order valence-electron chi connectivity index (χ2n) is 6.47. The summed E-state index contributed by atoms with van der Waals surface area (Å²) in [6, 6.07) is 3.15. The molecule has 2 aromatic heterocycles. The van der Waals surface area contributed by atoms with Crippen molar-refractivity contribution >= 4 is 5.91 Å². The van der Waals surface area contributed by atoms with Gasteiger partial charge in [0.25, 0.3) is 11.8 Å². The van der Waals surface area contributed by atoms with Crippen LogP contribution in [0.3, 0.4) is 0 Å². The number of hydrogen-bond acceptors (Lipinski definition) is 6. The number of nitrogens with zero attached hydrogens (tertiary/aromatic N) is 4. The first-order valence-electron chi connectivity index (χ1n) is 8.52. The maximum absolute atomic E-state index is 13.9. The Hall–Kier alpha value is -3.10. The van der Waals surface area contributed by atoms with Gasteiger partial charge in [-0.1, -0.05) is 10.3 Å². The highest BCUT2D eigenvalue weighted by Crippen LogP contribution is 2.29. The van der Waals surface area contributed by atoms with E-state index < -0.39 is 11.6 Å². The normalized spacial score (nSPS) is 17.3. The number of halogens is 2. The van der Waals surface area contributed by atoms with Gasteiger partial charge in [0, 0.05) is 25.1 Å². The molecule has 0 aliphatic carbocycles. The zero-order valence-electron chi connectivity index (χ0n) is 14.5. The zero-order chi connectivity index (χ0) is 19.0. The average molecular weight is 374 g/mol. The molecular formula is C18H16F2N4O3. The van der Waals surface area contributed by atoms with Crippen molar-refractivity contribution in [1.82, 2.24) is 20.2 Å². The van der Waals surface area contributed by atoms with Gasteiger partial charge in [0.15, 0.2) is 5.82 Å². The standard InChI is InChI=1S/C18H16F2N4O3/c1-10-14(8-21-26-10)18(25)24-6-2-3-11(9-24)16-22-17(27-23-16)13-5-4-12(19)7-15(13)20/h4-5,7-8,11H,2-3,6,9H2,1H3. The zero-order valence-corrected chi connectivity index (χ0v) is 14.5. The number of rotatable bonds is 3. The van der Waals surface area contributed by atoms with Gasteiger partial charge in [-0.25, -0.2) is 8.78 Å². The van der Waals surface area contributed by atoms with Crippen LogP contribution in [0.25, 0.3) is 11.5 Å². The van der Waals surface area contributed by atoms with E-state index in [1.165, 1.54) is 12.3 Å². The Bertz CT molecular complexity index is 985. The predicted octanol–water partition coefficient (Wildman–Crippen LogP) is 3.33. The summed E-state index contributed by atoms with van der Waals surface area (Å²) < 4.78 is 37.1. The molecule has 1 aliphatic heterocycles. The van der Waals surface area contributed by atoms with Gasteiger partial charge in [0.1, 0.15) is 23.0 Å². The summed E-state index contributed by atoms with van der Waals surface area (Å²) >= 11 is 0. The van der Waals surface area contributed by atoms with Crippen LogP contribution in [0, 0.1) is 18.6 Å². The van der Waals surface area contributed by atoms with Crippen molar-refractivity contribution < 1.29 is 22.6 Å². The molecule has 1 unspecified atom stereocenters. The molecule has 3 aromatic rings. The van der Waals surface area contributed by atoms with Crippen LogP contribution in [-0.2, 0) is 0 Å². The number of amides is 1. The monoisotopic (exact) mass is 374 g/mol. The van der Waals surface area contributed by atoms with Crippen molar-refractivity contribution in [3.05, 3.63) is 53.2 Å². The lowest BCUT2D eigenvalue weighted by Crippen LogP contribution is -2.39. The number of aromatic nitrogens is 3. The molecule has 1 atom stereocenters. The molecule has 9 heteroatoms. The van der Waals surface area contributed by atoms with Crippen molar-refractivity contribution in [2.75, 3.05) is 13.1 Å². The van der Waals surface area contributed by atoms with Crippen molar-refractivity contribution in [1.29, 1.82) is 0 Å². The van der Waals surface area contributed by atoms with E-state index in [9.17, 15) is 13.6 Å². The van der Waals surface area contributed by atoms with Crippen molar-refractivity contribution in [2.45, 2.75) is 25.7 Å². The highest BCUT2D eigenvalue weighted by atomic mass is 19.1. The van der Waals surface area contributed by atoms with Crippen molar-refractivity contribution in [3.8, 4) is 11.5 Å². The fraction of sp³-hybridized carbons (Fsp3) is 0.333.